The summed E-state index contributed by atoms with van der Waals surface area (Å²) in [5.74, 6) is 1.08. The van der Waals surface area contributed by atoms with Crippen LogP contribution in [0.15, 0.2) is 89.1 Å². The van der Waals surface area contributed by atoms with Gasteiger partial charge in [-0.3, -0.25) is 19.5 Å². The van der Waals surface area contributed by atoms with E-state index in [2.05, 4.69) is 20.7 Å². The lowest BCUT2D eigenvalue weighted by atomic mass is 10.1. The normalized spacial score (nSPS) is 11.2. The molecule has 0 aliphatic rings. The van der Waals surface area contributed by atoms with Crippen molar-refractivity contribution in [2.75, 3.05) is 12.9 Å². The Bertz CT molecular complexity index is 1480. The monoisotopic (exact) mass is 528 g/mol. The van der Waals surface area contributed by atoms with Gasteiger partial charge in [0, 0.05) is 23.5 Å². The molecule has 1 amide bonds. The summed E-state index contributed by atoms with van der Waals surface area (Å²) in [4.78, 5) is 23.0. The van der Waals surface area contributed by atoms with E-state index in [4.69, 9.17) is 4.74 Å². The first-order chi connectivity index (χ1) is 18.5. The number of rotatable bonds is 10. The number of allylic oxidation sites excluding steroid dienone is 1. The molecule has 11 heteroatoms. The first kappa shape index (κ1) is 26.3. The first-order valence-corrected chi connectivity index (χ1v) is 12.5. The molecule has 4 rings (SSSR count). The molecule has 0 aliphatic carbocycles. The number of nitrogens with one attached hydrogen (secondary N) is 1. The van der Waals surface area contributed by atoms with E-state index in [1.807, 2.05) is 60.0 Å². The Morgan fingerprint density at radius 2 is 1.84 bits per heavy atom. The first-order valence-electron chi connectivity index (χ1n) is 11.5. The number of methoxy groups -OCH3 is 1. The molecular weight excluding hydrogens is 504 g/mol. The van der Waals surface area contributed by atoms with E-state index in [1.165, 1.54) is 30.1 Å². The van der Waals surface area contributed by atoms with Gasteiger partial charge in [-0.15, -0.1) is 10.2 Å². The van der Waals surface area contributed by atoms with Gasteiger partial charge in [-0.25, -0.2) is 5.43 Å². The summed E-state index contributed by atoms with van der Waals surface area (Å²) < 4.78 is 7.16. The molecule has 0 saturated heterocycles. The average molecular weight is 529 g/mol. The fourth-order valence-electron chi connectivity index (χ4n) is 3.47. The molecule has 0 unspecified atom stereocenters. The average Bonchev–Trinajstić information content (AvgIpc) is 3.36. The van der Waals surface area contributed by atoms with Crippen molar-refractivity contribution in [3.8, 4) is 22.8 Å². The largest absolute Gasteiger partial charge is 0.497 e. The number of nitro benzene ring substituents is 1. The zero-order valence-electron chi connectivity index (χ0n) is 20.6. The number of aromatic nitrogens is 3. The van der Waals surface area contributed by atoms with E-state index in [1.54, 1.807) is 31.4 Å². The van der Waals surface area contributed by atoms with Crippen LogP contribution in [0.4, 0.5) is 5.69 Å². The minimum atomic E-state index is -0.454. The molecule has 0 atom stereocenters. The minimum Gasteiger partial charge on any atom is -0.497 e. The summed E-state index contributed by atoms with van der Waals surface area (Å²) in [5, 5.41) is 24.2. The fourth-order valence-corrected chi connectivity index (χ4v) is 4.22. The van der Waals surface area contributed by atoms with Crippen LogP contribution < -0.4 is 10.2 Å². The standard InChI is InChI=1S/C27H24N6O4S/c1-19-9-11-21(12-10-19)26-30-31-27(32(26)22-13-15-23(37-2)16-14-22)38-18-25(34)29-28-17-5-7-20-6-3-4-8-24(20)33(35)36/h3-17H,18H2,1-2H3,(H,29,34)/b7-5+,28-17-. The predicted molar refractivity (Wildman–Crippen MR) is 148 cm³/mol. The predicted octanol–water partition coefficient (Wildman–Crippen LogP) is 5.07. The Labute approximate surface area is 223 Å². The van der Waals surface area contributed by atoms with E-state index < -0.39 is 4.92 Å². The molecule has 10 nitrogen and oxygen atoms in total. The third-order valence-electron chi connectivity index (χ3n) is 5.37. The number of carbonyl (C=O) groups is 1. The lowest BCUT2D eigenvalue weighted by Gasteiger charge is -2.11. The quantitative estimate of drug-likeness (QED) is 0.132. The van der Waals surface area contributed by atoms with Crippen LogP contribution in [0.1, 0.15) is 11.1 Å². The van der Waals surface area contributed by atoms with Crippen LogP contribution in [-0.4, -0.2) is 44.7 Å². The molecule has 1 aromatic heterocycles. The second-order valence-electron chi connectivity index (χ2n) is 7.98. The molecule has 0 aliphatic heterocycles. The highest BCUT2D eigenvalue weighted by Crippen LogP contribution is 2.29. The molecule has 0 radical (unpaired) electrons. The van der Waals surface area contributed by atoms with Crippen molar-refractivity contribution in [3.05, 3.63) is 100 Å². The van der Waals surface area contributed by atoms with Gasteiger partial charge in [-0.2, -0.15) is 5.10 Å². The Hall–Kier alpha value is -4.77. The van der Waals surface area contributed by atoms with Gasteiger partial charge in [0.05, 0.1) is 23.3 Å². The molecule has 0 bridgehead atoms. The minimum absolute atomic E-state index is 0.0106. The third kappa shape index (κ3) is 6.51. The molecule has 0 spiro atoms. The van der Waals surface area contributed by atoms with Gasteiger partial charge in [0.1, 0.15) is 5.75 Å². The van der Waals surface area contributed by atoms with Gasteiger partial charge in [0.2, 0.25) is 0 Å². The fraction of sp³-hybridized carbons (Fsp3) is 0.111. The maximum atomic E-state index is 12.4. The van der Waals surface area contributed by atoms with Gasteiger partial charge >= 0.3 is 0 Å². The van der Waals surface area contributed by atoms with Crippen LogP contribution in [0.25, 0.3) is 23.2 Å². The number of amides is 1. The van der Waals surface area contributed by atoms with Crippen molar-refractivity contribution in [1.82, 2.24) is 20.2 Å². The number of aryl methyl sites for hydroxylation is 1. The summed E-state index contributed by atoms with van der Waals surface area (Å²) in [6.07, 6.45) is 4.42. The summed E-state index contributed by atoms with van der Waals surface area (Å²) in [6, 6.07) is 21.8. The highest BCUT2D eigenvalue weighted by molar-refractivity contribution is 7.99. The second-order valence-corrected chi connectivity index (χ2v) is 8.93. The van der Waals surface area contributed by atoms with E-state index in [0.29, 0.717) is 16.5 Å². The van der Waals surface area contributed by atoms with E-state index in [0.717, 1.165) is 22.6 Å². The van der Waals surface area contributed by atoms with Crippen LogP contribution >= 0.6 is 11.8 Å². The van der Waals surface area contributed by atoms with Crippen LogP contribution in [0.5, 0.6) is 5.75 Å². The molecule has 38 heavy (non-hydrogen) atoms. The van der Waals surface area contributed by atoms with Crippen molar-refractivity contribution < 1.29 is 14.5 Å². The van der Waals surface area contributed by atoms with Gasteiger partial charge < -0.3 is 4.74 Å². The second kappa shape index (κ2) is 12.5. The van der Waals surface area contributed by atoms with Gasteiger partial charge in [0.15, 0.2) is 11.0 Å². The van der Waals surface area contributed by atoms with Crippen molar-refractivity contribution >= 4 is 35.6 Å². The molecule has 1 N–H and O–H groups in total. The number of ether oxygens (including phenoxy) is 1. The van der Waals surface area contributed by atoms with Crippen LogP contribution in [-0.2, 0) is 4.79 Å². The van der Waals surface area contributed by atoms with Crippen molar-refractivity contribution in [2.24, 2.45) is 5.10 Å². The Morgan fingerprint density at radius 1 is 1.11 bits per heavy atom. The van der Waals surface area contributed by atoms with Crippen LogP contribution in [0.3, 0.4) is 0 Å². The number of carbonyl (C=O) groups excluding carboxylic acids is 1. The smallest absolute Gasteiger partial charge is 0.276 e. The van der Waals surface area contributed by atoms with E-state index in [9.17, 15) is 14.9 Å². The topological polar surface area (TPSA) is 125 Å². The maximum absolute atomic E-state index is 12.4. The molecule has 3 aromatic carbocycles. The summed E-state index contributed by atoms with van der Waals surface area (Å²) in [7, 11) is 1.61. The highest BCUT2D eigenvalue weighted by atomic mass is 32.2. The number of para-hydroxylation sites is 1. The molecule has 0 saturated carbocycles. The van der Waals surface area contributed by atoms with Crippen molar-refractivity contribution in [3.63, 3.8) is 0 Å². The molecule has 0 fully saturated rings. The number of nitrogens with zero attached hydrogens (tertiary/aromatic N) is 5. The Balaban J connectivity index is 1.45. The lowest BCUT2D eigenvalue weighted by Crippen LogP contribution is -2.19. The van der Waals surface area contributed by atoms with Gasteiger partial charge in [-0.1, -0.05) is 53.7 Å². The number of benzene rings is 3. The third-order valence-corrected chi connectivity index (χ3v) is 6.29. The number of hydrazone groups is 1. The van der Waals surface area contributed by atoms with Gasteiger partial charge in [0.25, 0.3) is 11.6 Å². The molecule has 192 valence electrons. The SMILES string of the molecule is COc1ccc(-n2c(SCC(=O)N/N=C\C=C\c3ccccc3[N+](=O)[O-])nnc2-c2ccc(C)cc2)cc1. The number of thioether (sulfide) groups is 1. The van der Waals surface area contributed by atoms with Crippen LogP contribution in [0.2, 0.25) is 0 Å². The zero-order chi connectivity index (χ0) is 26.9. The Morgan fingerprint density at radius 3 is 2.55 bits per heavy atom. The van der Waals surface area contributed by atoms with Gasteiger partial charge in [-0.05, 0) is 49.4 Å². The number of hydrogen-bond donors (Lipinski definition) is 1. The Kier molecular flexibility index (Phi) is 8.62. The molecule has 1 heterocycles. The number of nitro groups is 1. The maximum Gasteiger partial charge on any atom is 0.276 e. The highest BCUT2D eigenvalue weighted by Gasteiger charge is 2.17. The molecular formula is C27H24N6O4S. The number of hydrogen-bond acceptors (Lipinski definition) is 8. The van der Waals surface area contributed by atoms with E-state index in [-0.39, 0.29) is 17.3 Å². The summed E-state index contributed by atoms with van der Waals surface area (Å²) >= 11 is 1.22. The summed E-state index contributed by atoms with van der Waals surface area (Å²) in [6.45, 7) is 2.02. The van der Waals surface area contributed by atoms with Crippen molar-refractivity contribution in [1.29, 1.82) is 0 Å². The zero-order valence-corrected chi connectivity index (χ0v) is 21.5. The summed E-state index contributed by atoms with van der Waals surface area (Å²) in [5.41, 5.74) is 5.73. The lowest BCUT2D eigenvalue weighted by molar-refractivity contribution is -0.385. The van der Waals surface area contributed by atoms with Crippen LogP contribution in [0, 0.1) is 17.0 Å². The van der Waals surface area contributed by atoms with Crippen molar-refractivity contribution in [2.45, 2.75) is 12.1 Å². The van der Waals surface area contributed by atoms with E-state index >= 15 is 0 Å². The molecule has 4 aromatic rings.